The SMILES string of the molecule is CN(c1ccc(F)cc1)c1cnc(-c2nc(NCCN3C(=O)NC(=O)C3(C)C)ncc2F)s1. The van der Waals surface area contributed by atoms with Crippen LogP contribution in [0.2, 0.25) is 0 Å². The number of rotatable bonds is 7. The lowest BCUT2D eigenvalue weighted by atomic mass is 10.0. The molecule has 3 heterocycles. The van der Waals surface area contributed by atoms with Crippen LogP contribution in [0.3, 0.4) is 0 Å². The molecule has 12 heteroatoms. The van der Waals surface area contributed by atoms with E-state index in [0.717, 1.165) is 16.9 Å². The number of halogens is 2. The van der Waals surface area contributed by atoms with Crippen LogP contribution in [-0.2, 0) is 4.79 Å². The Hall–Kier alpha value is -3.67. The second-order valence-corrected chi connectivity index (χ2v) is 8.84. The lowest BCUT2D eigenvalue weighted by Gasteiger charge is -2.27. The Labute approximate surface area is 192 Å². The number of aromatic nitrogens is 3. The largest absolute Gasteiger partial charge is 0.352 e. The summed E-state index contributed by atoms with van der Waals surface area (Å²) in [5.74, 6) is -1.16. The van der Waals surface area contributed by atoms with Gasteiger partial charge in [0.15, 0.2) is 5.82 Å². The van der Waals surface area contributed by atoms with Crippen molar-refractivity contribution < 1.29 is 18.4 Å². The zero-order chi connectivity index (χ0) is 23.8. The highest BCUT2D eigenvalue weighted by atomic mass is 32.1. The first-order valence-corrected chi connectivity index (χ1v) is 10.8. The molecule has 172 valence electrons. The quantitative estimate of drug-likeness (QED) is 0.507. The Kier molecular flexibility index (Phi) is 5.93. The van der Waals surface area contributed by atoms with E-state index in [9.17, 15) is 18.4 Å². The molecule has 3 amide bonds. The molecule has 0 saturated carbocycles. The van der Waals surface area contributed by atoms with Crippen LogP contribution in [0, 0.1) is 11.6 Å². The maximum Gasteiger partial charge on any atom is 0.325 e. The van der Waals surface area contributed by atoms with Gasteiger partial charge < -0.3 is 15.1 Å². The Morgan fingerprint density at radius 2 is 1.88 bits per heavy atom. The predicted molar refractivity (Wildman–Crippen MR) is 120 cm³/mol. The summed E-state index contributed by atoms with van der Waals surface area (Å²) >= 11 is 1.22. The number of carbonyl (C=O) groups is 2. The molecule has 0 bridgehead atoms. The first kappa shape index (κ1) is 22.5. The minimum atomic E-state index is -0.957. The van der Waals surface area contributed by atoms with Gasteiger partial charge in [0.2, 0.25) is 5.95 Å². The van der Waals surface area contributed by atoms with E-state index in [1.165, 1.54) is 28.4 Å². The lowest BCUT2D eigenvalue weighted by molar-refractivity contribution is -0.125. The van der Waals surface area contributed by atoms with E-state index < -0.39 is 17.4 Å². The van der Waals surface area contributed by atoms with Crippen LogP contribution in [0.25, 0.3) is 10.7 Å². The molecule has 1 aliphatic rings. The molecule has 2 aromatic heterocycles. The summed E-state index contributed by atoms with van der Waals surface area (Å²) < 4.78 is 27.6. The van der Waals surface area contributed by atoms with Crippen molar-refractivity contribution in [3.8, 4) is 10.7 Å². The molecule has 0 atom stereocenters. The molecule has 1 saturated heterocycles. The number of thiazole rings is 1. The topological polar surface area (TPSA) is 103 Å². The van der Waals surface area contributed by atoms with Gasteiger partial charge >= 0.3 is 6.03 Å². The number of hydrogen-bond acceptors (Lipinski definition) is 8. The first-order valence-electron chi connectivity index (χ1n) is 10.0. The fourth-order valence-corrected chi connectivity index (χ4v) is 4.17. The summed E-state index contributed by atoms with van der Waals surface area (Å²) in [6, 6.07) is 5.53. The molecule has 0 aliphatic carbocycles. The van der Waals surface area contributed by atoms with Gasteiger partial charge in [-0.2, -0.15) is 0 Å². The minimum absolute atomic E-state index is 0.0330. The molecular weight excluding hydrogens is 452 g/mol. The molecule has 0 spiro atoms. The van der Waals surface area contributed by atoms with Gasteiger partial charge in [-0.1, -0.05) is 11.3 Å². The van der Waals surface area contributed by atoms with Crippen molar-refractivity contribution in [1.82, 2.24) is 25.2 Å². The van der Waals surface area contributed by atoms with Crippen molar-refractivity contribution in [3.05, 3.63) is 48.3 Å². The Balaban J connectivity index is 1.46. The van der Waals surface area contributed by atoms with Crippen LogP contribution in [0.5, 0.6) is 0 Å². The molecule has 9 nitrogen and oxygen atoms in total. The number of nitrogens with one attached hydrogen (secondary N) is 2. The minimum Gasteiger partial charge on any atom is -0.352 e. The monoisotopic (exact) mass is 473 g/mol. The highest BCUT2D eigenvalue weighted by Gasteiger charge is 2.45. The third kappa shape index (κ3) is 4.46. The Morgan fingerprint density at radius 1 is 1.15 bits per heavy atom. The van der Waals surface area contributed by atoms with Gasteiger partial charge in [-0.05, 0) is 38.1 Å². The van der Waals surface area contributed by atoms with Crippen LogP contribution in [0.15, 0.2) is 36.7 Å². The summed E-state index contributed by atoms with van der Waals surface area (Å²) in [6.45, 7) is 3.79. The third-order valence-electron chi connectivity index (χ3n) is 5.30. The lowest BCUT2D eigenvalue weighted by Crippen LogP contribution is -2.46. The summed E-state index contributed by atoms with van der Waals surface area (Å²) in [5.41, 5.74) is -0.170. The molecule has 4 rings (SSSR count). The van der Waals surface area contributed by atoms with E-state index >= 15 is 0 Å². The van der Waals surface area contributed by atoms with Crippen LogP contribution >= 0.6 is 11.3 Å². The van der Waals surface area contributed by atoms with Crippen molar-refractivity contribution in [2.24, 2.45) is 0 Å². The molecule has 2 N–H and O–H groups in total. The standard InChI is InChI=1S/C21H21F2N7O2S/c1-21(2)18(31)28-20(32)30(21)9-8-24-19-26-10-14(23)16(27-19)17-25-11-15(33-17)29(3)13-6-4-12(22)5-7-13/h4-7,10-11H,8-9H2,1-3H3,(H,24,26,27)(H,28,31,32). The molecule has 1 fully saturated rings. The van der Waals surface area contributed by atoms with Crippen molar-refractivity contribution >= 4 is 39.9 Å². The number of imide groups is 1. The second-order valence-electron chi connectivity index (χ2n) is 7.83. The number of carbonyl (C=O) groups excluding carboxylic acids is 2. The van der Waals surface area contributed by atoms with Gasteiger partial charge in [0.1, 0.15) is 27.1 Å². The molecule has 0 radical (unpaired) electrons. The summed E-state index contributed by atoms with van der Waals surface area (Å²) in [7, 11) is 1.80. The van der Waals surface area contributed by atoms with E-state index in [-0.39, 0.29) is 36.5 Å². The number of nitrogens with zero attached hydrogens (tertiary/aromatic N) is 5. The van der Waals surface area contributed by atoms with E-state index in [4.69, 9.17) is 0 Å². The fraction of sp³-hybridized carbons (Fsp3) is 0.286. The van der Waals surface area contributed by atoms with E-state index in [1.807, 2.05) is 4.90 Å². The van der Waals surface area contributed by atoms with Gasteiger partial charge in [0.25, 0.3) is 5.91 Å². The second kappa shape index (κ2) is 8.70. The molecule has 1 aromatic carbocycles. The number of urea groups is 1. The van der Waals surface area contributed by atoms with E-state index in [2.05, 4.69) is 25.6 Å². The maximum atomic E-state index is 14.5. The summed E-state index contributed by atoms with van der Waals surface area (Å²) in [5, 5.41) is 6.30. The average molecular weight is 474 g/mol. The van der Waals surface area contributed by atoms with Gasteiger partial charge in [0, 0.05) is 25.8 Å². The van der Waals surface area contributed by atoms with Gasteiger partial charge in [-0.15, -0.1) is 0 Å². The zero-order valence-corrected chi connectivity index (χ0v) is 18.9. The van der Waals surface area contributed by atoms with E-state index in [1.54, 1.807) is 39.2 Å². The van der Waals surface area contributed by atoms with Crippen molar-refractivity contribution in [3.63, 3.8) is 0 Å². The Morgan fingerprint density at radius 3 is 2.55 bits per heavy atom. The molecule has 33 heavy (non-hydrogen) atoms. The summed E-state index contributed by atoms with van der Waals surface area (Å²) in [4.78, 5) is 39.5. The number of amides is 3. The van der Waals surface area contributed by atoms with Crippen LogP contribution < -0.4 is 15.5 Å². The highest BCUT2D eigenvalue weighted by molar-refractivity contribution is 7.19. The third-order valence-corrected chi connectivity index (χ3v) is 6.38. The highest BCUT2D eigenvalue weighted by Crippen LogP contribution is 2.34. The van der Waals surface area contributed by atoms with Crippen LogP contribution in [0.4, 0.5) is 30.2 Å². The predicted octanol–water partition coefficient (Wildman–Crippen LogP) is 3.39. The molecule has 3 aromatic rings. The Bertz CT molecular complexity index is 1200. The normalized spacial score (nSPS) is 15.0. The average Bonchev–Trinajstić information content (AvgIpc) is 3.33. The van der Waals surface area contributed by atoms with Crippen molar-refractivity contribution in [2.45, 2.75) is 19.4 Å². The number of anilines is 3. The van der Waals surface area contributed by atoms with Gasteiger partial charge in [-0.3, -0.25) is 10.1 Å². The maximum absolute atomic E-state index is 14.5. The number of hydrogen-bond donors (Lipinski definition) is 2. The molecular formula is C21H21F2N7O2S. The van der Waals surface area contributed by atoms with Crippen molar-refractivity contribution in [1.29, 1.82) is 0 Å². The van der Waals surface area contributed by atoms with Crippen LogP contribution in [-0.4, -0.2) is 57.5 Å². The zero-order valence-electron chi connectivity index (χ0n) is 18.1. The first-order chi connectivity index (χ1) is 15.7. The van der Waals surface area contributed by atoms with E-state index in [0.29, 0.717) is 5.01 Å². The smallest absolute Gasteiger partial charge is 0.325 e. The van der Waals surface area contributed by atoms with Gasteiger partial charge in [-0.25, -0.2) is 28.5 Å². The van der Waals surface area contributed by atoms with Crippen LogP contribution in [0.1, 0.15) is 13.8 Å². The number of benzene rings is 1. The summed E-state index contributed by atoms with van der Waals surface area (Å²) in [6.07, 6.45) is 2.63. The molecule has 0 unspecified atom stereocenters. The van der Waals surface area contributed by atoms with Gasteiger partial charge in [0.05, 0.1) is 12.4 Å². The molecule has 1 aliphatic heterocycles. The van der Waals surface area contributed by atoms with Crippen molar-refractivity contribution in [2.75, 3.05) is 30.4 Å². The fourth-order valence-electron chi connectivity index (χ4n) is 3.28.